The Bertz CT molecular complexity index is 937. The molecular formula is C21H18INO3. The molecule has 1 atom stereocenters. The highest BCUT2D eigenvalue weighted by atomic mass is 127. The molecule has 0 saturated heterocycles. The van der Waals surface area contributed by atoms with Crippen LogP contribution in [0.2, 0.25) is 0 Å². The molecule has 0 aliphatic rings. The monoisotopic (exact) mass is 459 g/mol. The van der Waals surface area contributed by atoms with Crippen LogP contribution in [0.25, 0.3) is 10.8 Å². The second-order valence-electron chi connectivity index (χ2n) is 6.15. The fourth-order valence-corrected chi connectivity index (χ4v) is 3.20. The van der Waals surface area contributed by atoms with Gasteiger partial charge < -0.3 is 10.4 Å². The molecule has 3 rings (SSSR count). The van der Waals surface area contributed by atoms with Crippen LogP contribution < -0.4 is 5.32 Å². The van der Waals surface area contributed by atoms with Crippen LogP contribution in [0.4, 0.5) is 0 Å². The van der Waals surface area contributed by atoms with E-state index in [9.17, 15) is 14.7 Å². The third kappa shape index (κ3) is 4.82. The number of rotatable bonds is 6. The van der Waals surface area contributed by atoms with Crippen molar-refractivity contribution >= 4 is 45.2 Å². The molecule has 3 aromatic rings. The summed E-state index contributed by atoms with van der Waals surface area (Å²) in [6, 6.07) is 20.4. The van der Waals surface area contributed by atoms with Crippen LogP contribution >= 0.6 is 22.6 Å². The summed E-state index contributed by atoms with van der Waals surface area (Å²) in [5.41, 5.74) is 1.74. The quantitative estimate of drug-likeness (QED) is 0.552. The summed E-state index contributed by atoms with van der Waals surface area (Å²) in [5, 5.41) is 14.2. The summed E-state index contributed by atoms with van der Waals surface area (Å²) in [6.45, 7) is 0. The zero-order valence-electron chi connectivity index (χ0n) is 14.0. The van der Waals surface area contributed by atoms with Gasteiger partial charge in [-0.15, -0.1) is 0 Å². The number of carbonyl (C=O) groups excluding carboxylic acids is 1. The molecule has 3 aromatic carbocycles. The average molecular weight is 459 g/mol. The molecule has 0 unspecified atom stereocenters. The molecule has 0 aromatic heterocycles. The molecule has 0 aliphatic carbocycles. The number of hydrogen-bond donors (Lipinski definition) is 2. The molecule has 0 fully saturated rings. The lowest BCUT2D eigenvalue weighted by Crippen LogP contribution is -2.43. The Balaban J connectivity index is 1.67. The molecule has 0 bridgehead atoms. The SMILES string of the molecule is O=C(Cc1ccc2ccccc2c1)N[C@H](Cc1ccc(I)cc1)C(=O)O. The van der Waals surface area contributed by atoms with Crippen molar-refractivity contribution in [3.05, 3.63) is 81.4 Å². The number of halogens is 1. The summed E-state index contributed by atoms with van der Waals surface area (Å²) in [4.78, 5) is 23.8. The number of carbonyl (C=O) groups is 2. The normalized spacial score (nSPS) is 11.9. The topological polar surface area (TPSA) is 66.4 Å². The molecule has 2 N–H and O–H groups in total. The molecule has 26 heavy (non-hydrogen) atoms. The first-order valence-corrected chi connectivity index (χ1v) is 9.33. The Morgan fingerprint density at radius 2 is 1.58 bits per heavy atom. The number of fused-ring (bicyclic) bond motifs is 1. The van der Waals surface area contributed by atoms with E-state index in [1.165, 1.54) is 0 Å². The molecule has 0 spiro atoms. The zero-order chi connectivity index (χ0) is 18.5. The van der Waals surface area contributed by atoms with E-state index in [-0.39, 0.29) is 18.7 Å². The second-order valence-corrected chi connectivity index (χ2v) is 7.39. The minimum atomic E-state index is -1.03. The van der Waals surface area contributed by atoms with Crippen molar-refractivity contribution in [2.75, 3.05) is 0 Å². The first-order valence-electron chi connectivity index (χ1n) is 8.25. The summed E-state index contributed by atoms with van der Waals surface area (Å²) < 4.78 is 1.08. The van der Waals surface area contributed by atoms with Gasteiger partial charge in [0.25, 0.3) is 0 Å². The smallest absolute Gasteiger partial charge is 0.326 e. The number of aliphatic carboxylic acids is 1. The van der Waals surface area contributed by atoms with Crippen molar-refractivity contribution in [2.24, 2.45) is 0 Å². The van der Waals surface area contributed by atoms with Gasteiger partial charge in [0.1, 0.15) is 6.04 Å². The van der Waals surface area contributed by atoms with Gasteiger partial charge in [-0.25, -0.2) is 4.79 Å². The third-order valence-corrected chi connectivity index (χ3v) is 4.88. The van der Waals surface area contributed by atoms with Crippen LogP contribution in [0.5, 0.6) is 0 Å². The molecule has 4 nitrogen and oxygen atoms in total. The van der Waals surface area contributed by atoms with E-state index in [2.05, 4.69) is 27.9 Å². The van der Waals surface area contributed by atoms with Crippen molar-refractivity contribution < 1.29 is 14.7 Å². The predicted molar refractivity (Wildman–Crippen MR) is 110 cm³/mol. The fourth-order valence-electron chi connectivity index (χ4n) is 2.84. The molecule has 1 amide bonds. The number of carboxylic acids is 1. The first-order chi connectivity index (χ1) is 12.5. The van der Waals surface area contributed by atoms with E-state index >= 15 is 0 Å². The average Bonchev–Trinajstić information content (AvgIpc) is 2.62. The van der Waals surface area contributed by atoms with Crippen LogP contribution in [0.1, 0.15) is 11.1 Å². The second kappa shape index (κ2) is 8.31. The Morgan fingerprint density at radius 3 is 2.27 bits per heavy atom. The van der Waals surface area contributed by atoms with E-state index < -0.39 is 12.0 Å². The largest absolute Gasteiger partial charge is 0.480 e. The standard InChI is InChI=1S/C21H18INO3/c22-18-9-6-14(7-10-18)12-19(21(25)26)23-20(24)13-15-5-8-16-3-1-2-4-17(16)11-15/h1-11,19H,12-13H2,(H,23,24)(H,25,26)/t19-/m1/s1. The summed E-state index contributed by atoms with van der Waals surface area (Å²) >= 11 is 2.20. The number of nitrogens with one attached hydrogen (secondary N) is 1. The minimum absolute atomic E-state index is 0.154. The lowest BCUT2D eigenvalue weighted by Gasteiger charge is -2.15. The van der Waals surface area contributed by atoms with E-state index in [0.717, 1.165) is 25.5 Å². The van der Waals surface area contributed by atoms with Gasteiger partial charge in [0, 0.05) is 9.99 Å². The summed E-state index contributed by atoms with van der Waals surface area (Å²) in [5.74, 6) is -1.33. The van der Waals surface area contributed by atoms with Crippen molar-refractivity contribution in [1.29, 1.82) is 0 Å². The summed E-state index contributed by atoms with van der Waals surface area (Å²) in [7, 11) is 0. The molecule has 0 radical (unpaired) electrons. The minimum Gasteiger partial charge on any atom is -0.480 e. The van der Waals surface area contributed by atoms with Crippen molar-refractivity contribution in [3.8, 4) is 0 Å². The summed E-state index contributed by atoms with van der Waals surface area (Å²) in [6.07, 6.45) is 0.414. The molecule has 0 saturated carbocycles. The van der Waals surface area contributed by atoms with Gasteiger partial charge >= 0.3 is 5.97 Å². The van der Waals surface area contributed by atoms with Gasteiger partial charge in [0.15, 0.2) is 0 Å². The van der Waals surface area contributed by atoms with Gasteiger partial charge in [-0.2, -0.15) is 0 Å². The number of benzene rings is 3. The lowest BCUT2D eigenvalue weighted by molar-refractivity contribution is -0.141. The predicted octanol–water partition coefficient (Wildman–Crippen LogP) is 3.80. The number of hydrogen-bond acceptors (Lipinski definition) is 2. The molecule has 0 aliphatic heterocycles. The Kier molecular flexibility index (Phi) is 5.88. The maximum absolute atomic E-state index is 12.3. The van der Waals surface area contributed by atoms with Gasteiger partial charge in [-0.05, 0) is 56.6 Å². The lowest BCUT2D eigenvalue weighted by atomic mass is 10.0. The van der Waals surface area contributed by atoms with Gasteiger partial charge in [0.2, 0.25) is 5.91 Å². The van der Waals surface area contributed by atoms with Crippen LogP contribution in [0.3, 0.4) is 0 Å². The first kappa shape index (κ1) is 18.4. The van der Waals surface area contributed by atoms with E-state index in [0.29, 0.717) is 0 Å². The van der Waals surface area contributed by atoms with Crippen LogP contribution in [0, 0.1) is 3.57 Å². The maximum Gasteiger partial charge on any atom is 0.326 e. The van der Waals surface area contributed by atoms with Crippen LogP contribution in [-0.2, 0) is 22.4 Å². The van der Waals surface area contributed by atoms with Crippen LogP contribution in [-0.4, -0.2) is 23.0 Å². The number of carboxylic acid groups (broad SMARTS) is 1. The molecule has 5 heteroatoms. The maximum atomic E-state index is 12.3. The molecule has 0 heterocycles. The zero-order valence-corrected chi connectivity index (χ0v) is 16.1. The highest BCUT2D eigenvalue weighted by Gasteiger charge is 2.20. The third-order valence-electron chi connectivity index (χ3n) is 4.16. The van der Waals surface area contributed by atoms with Crippen molar-refractivity contribution in [2.45, 2.75) is 18.9 Å². The highest BCUT2D eigenvalue weighted by Crippen LogP contribution is 2.16. The highest BCUT2D eigenvalue weighted by molar-refractivity contribution is 14.1. The number of amides is 1. The van der Waals surface area contributed by atoms with Crippen LogP contribution in [0.15, 0.2) is 66.7 Å². The van der Waals surface area contributed by atoms with E-state index in [4.69, 9.17) is 0 Å². The van der Waals surface area contributed by atoms with Crippen molar-refractivity contribution in [1.82, 2.24) is 5.32 Å². The van der Waals surface area contributed by atoms with Gasteiger partial charge in [-0.3, -0.25) is 4.79 Å². The van der Waals surface area contributed by atoms with E-state index in [1.807, 2.05) is 66.7 Å². The van der Waals surface area contributed by atoms with E-state index in [1.54, 1.807) is 0 Å². The Morgan fingerprint density at radius 1 is 0.923 bits per heavy atom. The van der Waals surface area contributed by atoms with Crippen molar-refractivity contribution in [3.63, 3.8) is 0 Å². The van der Waals surface area contributed by atoms with Gasteiger partial charge in [0.05, 0.1) is 6.42 Å². The fraction of sp³-hybridized carbons (Fsp3) is 0.143. The molecular weight excluding hydrogens is 441 g/mol. The Hall–Kier alpha value is -2.41. The Labute approximate surface area is 165 Å². The van der Waals surface area contributed by atoms with Gasteiger partial charge in [-0.1, -0.05) is 54.6 Å². The molecule has 132 valence electrons.